The van der Waals surface area contributed by atoms with Crippen molar-refractivity contribution in [3.05, 3.63) is 97.9 Å². The molecule has 0 aliphatic carbocycles. The maximum atomic E-state index is 13.1. The predicted molar refractivity (Wildman–Crippen MR) is 130 cm³/mol. The zero-order valence-corrected chi connectivity index (χ0v) is 20.0. The Labute approximate surface area is 210 Å². The molecule has 3 aromatic carbocycles. The fourth-order valence-electron chi connectivity index (χ4n) is 3.16. The van der Waals surface area contributed by atoms with Crippen molar-refractivity contribution in [2.75, 3.05) is 6.61 Å². The lowest BCUT2D eigenvalue weighted by molar-refractivity contribution is -0.129. The number of nitrogens with zero attached hydrogens (tertiary/aromatic N) is 1. The highest BCUT2D eigenvalue weighted by Crippen LogP contribution is 2.38. The SMILES string of the molecule is CCOc1cc(/C=C2\N=C(c3ccc(Cl)cc3Cl)OC2=O)cc(Cl)c1OCc1ccc(F)cc1. The molecule has 174 valence electrons. The molecule has 0 spiro atoms. The Balaban J connectivity index is 1.61. The molecule has 0 unspecified atom stereocenters. The maximum Gasteiger partial charge on any atom is 0.363 e. The Morgan fingerprint density at radius 1 is 1.00 bits per heavy atom. The molecule has 5 nitrogen and oxygen atoms in total. The number of benzene rings is 3. The van der Waals surface area contributed by atoms with E-state index in [1.807, 2.05) is 6.92 Å². The molecule has 0 radical (unpaired) electrons. The van der Waals surface area contributed by atoms with Gasteiger partial charge in [-0.05, 0) is 66.6 Å². The third-order valence-corrected chi connectivity index (χ3v) is 5.54. The number of rotatable bonds is 7. The second kappa shape index (κ2) is 10.5. The summed E-state index contributed by atoms with van der Waals surface area (Å²) in [5, 5.41) is 1.04. The number of ether oxygens (including phenoxy) is 3. The molecule has 1 aliphatic rings. The summed E-state index contributed by atoms with van der Waals surface area (Å²) in [7, 11) is 0. The van der Waals surface area contributed by atoms with Crippen LogP contribution in [0.2, 0.25) is 15.1 Å². The average molecular weight is 521 g/mol. The molecule has 9 heteroatoms. The first-order valence-electron chi connectivity index (χ1n) is 10.2. The van der Waals surface area contributed by atoms with E-state index in [9.17, 15) is 9.18 Å². The topological polar surface area (TPSA) is 57.1 Å². The Bertz CT molecular complexity index is 1310. The molecular weight excluding hydrogens is 504 g/mol. The van der Waals surface area contributed by atoms with E-state index in [1.165, 1.54) is 24.3 Å². The Kier molecular flexibility index (Phi) is 7.41. The highest BCUT2D eigenvalue weighted by atomic mass is 35.5. The maximum absolute atomic E-state index is 13.1. The number of hydrogen-bond acceptors (Lipinski definition) is 5. The van der Waals surface area contributed by atoms with E-state index < -0.39 is 5.97 Å². The summed E-state index contributed by atoms with van der Waals surface area (Å²) in [6, 6.07) is 14.0. The van der Waals surface area contributed by atoms with Gasteiger partial charge >= 0.3 is 5.97 Å². The first kappa shape index (κ1) is 24.1. The van der Waals surface area contributed by atoms with Crippen LogP contribution in [0.15, 0.2) is 65.3 Å². The van der Waals surface area contributed by atoms with Gasteiger partial charge in [0.15, 0.2) is 17.2 Å². The third kappa shape index (κ3) is 5.53. The molecule has 0 saturated carbocycles. The third-order valence-electron chi connectivity index (χ3n) is 4.71. The van der Waals surface area contributed by atoms with Gasteiger partial charge in [0.05, 0.1) is 22.2 Å². The zero-order chi connectivity index (χ0) is 24.2. The fourth-order valence-corrected chi connectivity index (χ4v) is 3.92. The highest BCUT2D eigenvalue weighted by Gasteiger charge is 2.26. The number of aliphatic imine (C=N–C) groups is 1. The highest BCUT2D eigenvalue weighted by molar-refractivity contribution is 6.37. The predicted octanol–water partition coefficient (Wildman–Crippen LogP) is 7.11. The largest absolute Gasteiger partial charge is 0.490 e. The number of esters is 1. The van der Waals surface area contributed by atoms with E-state index in [1.54, 1.807) is 36.4 Å². The molecule has 4 rings (SSSR count). The lowest BCUT2D eigenvalue weighted by Gasteiger charge is -2.14. The van der Waals surface area contributed by atoms with Gasteiger partial charge in [-0.3, -0.25) is 0 Å². The molecule has 0 aromatic heterocycles. The minimum absolute atomic E-state index is 0.0690. The van der Waals surface area contributed by atoms with E-state index in [0.717, 1.165) is 5.56 Å². The normalized spacial score (nSPS) is 14.2. The number of cyclic esters (lactones) is 1. The van der Waals surface area contributed by atoms with E-state index in [-0.39, 0.29) is 29.0 Å². The van der Waals surface area contributed by atoms with Gasteiger partial charge in [-0.25, -0.2) is 14.2 Å². The monoisotopic (exact) mass is 519 g/mol. The molecule has 3 aromatic rings. The van der Waals surface area contributed by atoms with Gasteiger partial charge in [-0.2, -0.15) is 0 Å². The number of hydrogen-bond donors (Lipinski definition) is 0. The van der Waals surface area contributed by atoms with Crippen LogP contribution in [0, 0.1) is 5.82 Å². The van der Waals surface area contributed by atoms with E-state index in [2.05, 4.69) is 4.99 Å². The summed E-state index contributed by atoms with van der Waals surface area (Å²) >= 11 is 18.6. The van der Waals surface area contributed by atoms with Gasteiger partial charge in [0.2, 0.25) is 5.90 Å². The summed E-state index contributed by atoms with van der Waals surface area (Å²) in [5.74, 6) is -0.162. The summed E-state index contributed by atoms with van der Waals surface area (Å²) in [6.45, 7) is 2.36. The Morgan fingerprint density at radius 2 is 1.76 bits per heavy atom. The molecule has 34 heavy (non-hydrogen) atoms. The van der Waals surface area contributed by atoms with Crippen molar-refractivity contribution in [2.45, 2.75) is 13.5 Å². The van der Waals surface area contributed by atoms with Crippen LogP contribution in [-0.2, 0) is 16.1 Å². The lowest BCUT2D eigenvalue weighted by atomic mass is 10.1. The number of carbonyl (C=O) groups is 1. The van der Waals surface area contributed by atoms with E-state index in [4.69, 9.17) is 49.0 Å². The zero-order valence-electron chi connectivity index (χ0n) is 17.8. The fraction of sp³-hybridized carbons (Fsp3) is 0.120. The van der Waals surface area contributed by atoms with Crippen LogP contribution >= 0.6 is 34.8 Å². The van der Waals surface area contributed by atoms with Crippen LogP contribution in [0.1, 0.15) is 23.6 Å². The van der Waals surface area contributed by atoms with E-state index >= 15 is 0 Å². The quantitative estimate of drug-likeness (QED) is 0.246. The van der Waals surface area contributed by atoms with Crippen molar-refractivity contribution in [1.82, 2.24) is 0 Å². The molecular formula is C25H17Cl3FNO4. The van der Waals surface area contributed by atoms with Crippen molar-refractivity contribution < 1.29 is 23.4 Å². The lowest BCUT2D eigenvalue weighted by Crippen LogP contribution is -2.06. The number of carbonyl (C=O) groups excluding carboxylic acids is 1. The minimum atomic E-state index is -0.633. The number of halogens is 4. The molecule has 0 fully saturated rings. The second-order valence-corrected chi connectivity index (χ2v) is 8.39. The molecule has 1 heterocycles. The van der Waals surface area contributed by atoms with Gasteiger partial charge < -0.3 is 14.2 Å². The summed E-state index contributed by atoms with van der Waals surface area (Å²) < 4.78 is 30.0. The average Bonchev–Trinajstić information content (AvgIpc) is 3.14. The van der Waals surface area contributed by atoms with Crippen LogP contribution < -0.4 is 9.47 Å². The van der Waals surface area contributed by atoms with Gasteiger partial charge in [-0.15, -0.1) is 0 Å². The van der Waals surface area contributed by atoms with Crippen LogP contribution in [0.4, 0.5) is 4.39 Å². The van der Waals surface area contributed by atoms with Crippen LogP contribution in [0.5, 0.6) is 11.5 Å². The van der Waals surface area contributed by atoms with Gasteiger partial charge in [0.25, 0.3) is 0 Å². The minimum Gasteiger partial charge on any atom is -0.490 e. The molecule has 0 atom stereocenters. The van der Waals surface area contributed by atoms with Crippen molar-refractivity contribution in [2.24, 2.45) is 4.99 Å². The van der Waals surface area contributed by atoms with Crippen molar-refractivity contribution >= 4 is 52.7 Å². The summed E-state index contributed by atoms with van der Waals surface area (Å²) in [5.41, 5.74) is 1.84. The first-order valence-corrected chi connectivity index (χ1v) is 11.3. The molecule has 0 amide bonds. The summed E-state index contributed by atoms with van der Waals surface area (Å²) in [6.07, 6.45) is 1.53. The smallest absolute Gasteiger partial charge is 0.363 e. The van der Waals surface area contributed by atoms with Crippen LogP contribution in [0.25, 0.3) is 6.08 Å². The first-order chi connectivity index (χ1) is 16.3. The molecule has 0 saturated heterocycles. The standard InChI is InChI=1S/C25H17Cl3FNO4/c1-2-32-22-11-15(9-20(28)23(22)33-13-14-3-6-17(29)7-4-14)10-21-25(31)34-24(30-21)18-8-5-16(26)12-19(18)27/h3-12H,2,13H2,1H3/b21-10-. The Hall–Kier alpha value is -3.06. The van der Waals surface area contributed by atoms with E-state index in [0.29, 0.717) is 39.3 Å². The second-order valence-electron chi connectivity index (χ2n) is 7.14. The molecule has 0 bridgehead atoms. The molecule has 1 aliphatic heterocycles. The van der Waals surface area contributed by atoms with Crippen molar-refractivity contribution in [3.8, 4) is 11.5 Å². The van der Waals surface area contributed by atoms with Gasteiger partial charge in [-0.1, -0.05) is 46.9 Å². The van der Waals surface area contributed by atoms with Crippen molar-refractivity contribution in [1.29, 1.82) is 0 Å². The van der Waals surface area contributed by atoms with Crippen LogP contribution in [0.3, 0.4) is 0 Å². The van der Waals surface area contributed by atoms with Gasteiger partial charge in [0, 0.05) is 5.02 Å². The molecule has 0 N–H and O–H groups in total. The Morgan fingerprint density at radius 3 is 2.47 bits per heavy atom. The van der Waals surface area contributed by atoms with Crippen LogP contribution in [-0.4, -0.2) is 18.5 Å². The van der Waals surface area contributed by atoms with Crippen molar-refractivity contribution in [3.63, 3.8) is 0 Å². The summed E-state index contributed by atoms with van der Waals surface area (Å²) in [4.78, 5) is 16.7. The van der Waals surface area contributed by atoms with Gasteiger partial charge in [0.1, 0.15) is 12.4 Å².